The quantitative estimate of drug-likeness (QED) is 0.788. The lowest BCUT2D eigenvalue weighted by molar-refractivity contribution is 0.577. The Labute approximate surface area is 150 Å². The summed E-state index contributed by atoms with van der Waals surface area (Å²) >= 11 is 5.41. The molecule has 0 amide bonds. The van der Waals surface area contributed by atoms with Gasteiger partial charge in [-0.15, -0.1) is 0 Å². The normalized spacial score (nSPS) is 15.6. The van der Waals surface area contributed by atoms with Crippen molar-refractivity contribution in [3.63, 3.8) is 0 Å². The molecule has 1 aliphatic rings. The zero-order valence-electron chi connectivity index (χ0n) is 14.2. The van der Waals surface area contributed by atoms with Crippen molar-refractivity contribution in [1.82, 2.24) is 5.32 Å². The molecule has 1 fully saturated rings. The van der Waals surface area contributed by atoms with E-state index in [1.54, 1.807) is 0 Å². The fourth-order valence-corrected chi connectivity index (χ4v) is 3.39. The van der Waals surface area contributed by atoms with Crippen LogP contribution in [0.25, 0.3) is 0 Å². The van der Waals surface area contributed by atoms with Gasteiger partial charge in [0.25, 0.3) is 0 Å². The van der Waals surface area contributed by atoms with Gasteiger partial charge in [0.2, 0.25) is 0 Å². The maximum atomic E-state index is 5.41. The van der Waals surface area contributed by atoms with Crippen molar-refractivity contribution in [3.05, 3.63) is 60.2 Å². The van der Waals surface area contributed by atoms with Gasteiger partial charge in [0, 0.05) is 24.5 Å². The standard InChI is InChI=1S/C20H25N3S/c1-16(21-20(24)22-18-8-4-2-5-9-18)17-10-12-19(13-11-17)23-14-6-3-7-15-23/h2,4-5,8-13,16H,3,6-7,14-15H2,1H3,(H2,21,22,24)/t16-/m0/s1. The Morgan fingerprint density at radius 3 is 2.29 bits per heavy atom. The van der Waals surface area contributed by atoms with Gasteiger partial charge in [0.05, 0.1) is 6.04 Å². The number of anilines is 2. The molecular formula is C20H25N3S. The van der Waals surface area contributed by atoms with Crippen LogP contribution in [-0.4, -0.2) is 18.2 Å². The SMILES string of the molecule is C[C@H](NC(=S)Nc1ccccc1)c1ccc(N2CCCCC2)cc1. The summed E-state index contributed by atoms with van der Waals surface area (Å²) in [4.78, 5) is 2.48. The van der Waals surface area contributed by atoms with Crippen molar-refractivity contribution in [2.24, 2.45) is 0 Å². The van der Waals surface area contributed by atoms with Crippen LogP contribution in [0.2, 0.25) is 0 Å². The maximum Gasteiger partial charge on any atom is 0.171 e. The molecule has 0 bridgehead atoms. The number of nitrogens with zero attached hydrogens (tertiary/aromatic N) is 1. The highest BCUT2D eigenvalue weighted by Gasteiger charge is 2.12. The van der Waals surface area contributed by atoms with Crippen LogP contribution in [0.5, 0.6) is 0 Å². The first-order valence-electron chi connectivity index (χ1n) is 8.70. The van der Waals surface area contributed by atoms with Gasteiger partial charge in [-0.1, -0.05) is 30.3 Å². The summed E-state index contributed by atoms with van der Waals surface area (Å²) in [5.41, 5.74) is 3.58. The Hall–Kier alpha value is -2.07. The first kappa shape index (κ1) is 16.8. The molecule has 1 atom stereocenters. The minimum absolute atomic E-state index is 0.170. The molecule has 0 saturated carbocycles. The average Bonchev–Trinajstić information content (AvgIpc) is 2.63. The second kappa shape index (κ2) is 8.15. The number of nitrogens with one attached hydrogen (secondary N) is 2. The minimum atomic E-state index is 0.170. The van der Waals surface area contributed by atoms with Gasteiger partial charge in [0.1, 0.15) is 0 Å². The molecule has 0 aliphatic carbocycles. The van der Waals surface area contributed by atoms with Crippen LogP contribution in [0.15, 0.2) is 54.6 Å². The fraction of sp³-hybridized carbons (Fsp3) is 0.350. The number of para-hydroxylation sites is 1. The first-order chi connectivity index (χ1) is 11.7. The number of hydrogen-bond acceptors (Lipinski definition) is 2. The molecule has 2 aromatic rings. The predicted octanol–water partition coefficient (Wildman–Crippen LogP) is 4.72. The molecule has 1 aliphatic heterocycles. The van der Waals surface area contributed by atoms with E-state index in [2.05, 4.69) is 46.7 Å². The van der Waals surface area contributed by atoms with E-state index in [1.165, 1.54) is 43.6 Å². The summed E-state index contributed by atoms with van der Waals surface area (Å²) in [5.74, 6) is 0. The third-order valence-electron chi connectivity index (χ3n) is 4.49. The number of hydrogen-bond donors (Lipinski definition) is 2. The van der Waals surface area contributed by atoms with Gasteiger partial charge >= 0.3 is 0 Å². The molecule has 2 N–H and O–H groups in total. The van der Waals surface area contributed by atoms with E-state index in [0.29, 0.717) is 5.11 Å². The lowest BCUT2D eigenvalue weighted by Gasteiger charge is -2.29. The maximum absolute atomic E-state index is 5.41. The van der Waals surface area contributed by atoms with E-state index < -0.39 is 0 Å². The fourth-order valence-electron chi connectivity index (χ4n) is 3.09. The van der Waals surface area contributed by atoms with Gasteiger partial charge in [0.15, 0.2) is 5.11 Å². The van der Waals surface area contributed by atoms with Gasteiger partial charge in [-0.2, -0.15) is 0 Å². The zero-order valence-corrected chi connectivity index (χ0v) is 15.0. The Balaban J connectivity index is 1.56. The molecule has 126 valence electrons. The smallest absolute Gasteiger partial charge is 0.171 e. The van der Waals surface area contributed by atoms with Crippen LogP contribution < -0.4 is 15.5 Å². The highest BCUT2D eigenvalue weighted by atomic mass is 32.1. The number of benzene rings is 2. The number of thiocarbonyl (C=S) groups is 1. The van der Waals surface area contributed by atoms with Crippen molar-refractivity contribution in [1.29, 1.82) is 0 Å². The topological polar surface area (TPSA) is 27.3 Å². The molecule has 4 heteroatoms. The second-order valence-electron chi connectivity index (χ2n) is 6.33. The monoisotopic (exact) mass is 339 g/mol. The summed E-state index contributed by atoms with van der Waals surface area (Å²) < 4.78 is 0. The molecule has 0 radical (unpaired) electrons. The Bertz CT molecular complexity index is 648. The first-order valence-corrected chi connectivity index (χ1v) is 9.11. The van der Waals surface area contributed by atoms with Gasteiger partial charge < -0.3 is 15.5 Å². The van der Waals surface area contributed by atoms with Crippen LogP contribution in [0.3, 0.4) is 0 Å². The predicted molar refractivity (Wildman–Crippen MR) is 107 cm³/mol. The number of rotatable bonds is 4. The van der Waals surface area contributed by atoms with Gasteiger partial charge in [-0.05, 0) is 68.2 Å². The third-order valence-corrected chi connectivity index (χ3v) is 4.71. The van der Waals surface area contributed by atoms with E-state index >= 15 is 0 Å². The van der Waals surface area contributed by atoms with Crippen molar-refractivity contribution in [2.75, 3.05) is 23.3 Å². The van der Waals surface area contributed by atoms with E-state index in [0.717, 1.165) is 5.69 Å². The van der Waals surface area contributed by atoms with Crippen LogP contribution in [0, 0.1) is 0 Å². The Morgan fingerprint density at radius 2 is 1.62 bits per heavy atom. The largest absolute Gasteiger partial charge is 0.372 e. The molecule has 24 heavy (non-hydrogen) atoms. The third kappa shape index (κ3) is 4.48. The van der Waals surface area contributed by atoms with E-state index in [9.17, 15) is 0 Å². The molecule has 0 spiro atoms. The van der Waals surface area contributed by atoms with Crippen LogP contribution in [-0.2, 0) is 0 Å². The molecule has 0 unspecified atom stereocenters. The molecule has 1 heterocycles. The lowest BCUT2D eigenvalue weighted by Crippen LogP contribution is -2.31. The summed E-state index contributed by atoms with van der Waals surface area (Å²) in [7, 11) is 0. The minimum Gasteiger partial charge on any atom is -0.372 e. The Morgan fingerprint density at radius 1 is 0.958 bits per heavy atom. The van der Waals surface area contributed by atoms with E-state index in [-0.39, 0.29) is 6.04 Å². The summed E-state index contributed by atoms with van der Waals surface area (Å²) in [6, 6.07) is 19.0. The zero-order chi connectivity index (χ0) is 16.8. The highest BCUT2D eigenvalue weighted by Crippen LogP contribution is 2.22. The molecule has 3 rings (SSSR count). The molecule has 2 aromatic carbocycles. The molecule has 1 saturated heterocycles. The number of piperidine rings is 1. The van der Waals surface area contributed by atoms with Crippen molar-refractivity contribution in [3.8, 4) is 0 Å². The Kier molecular flexibility index (Phi) is 5.70. The van der Waals surface area contributed by atoms with E-state index in [1.807, 2.05) is 30.3 Å². The van der Waals surface area contributed by atoms with Gasteiger partial charge in [-0.3, -0.25) is 0 Å². The lowest BCUT2D eigenvalue weighted by atomic mass is 10.1. The molecular weight excluding hydrogens is 314 g/mol. The van der Waals surface area contributed by atoms with E-state index in [4.69, 9.17) is 12.2 Å². The van der Waals surface area contributed by atoms with Crippen LogP contribution in [0.4, 0.5) is 11.4 Å². The van der Waals surface area contributed by atoms with Crippen molar-refractivity contribution >= 4 is 28.7 Å². The highest BCUT2D eigenvalue weighted by molar-refractivity contribution is 7.80. The van der Waals surface area contributed by atoms with Gasteiger partial charge in [-0.25, -0.2) is 0 Å². The van der Waals surface area contributed by atoms with Crippen LogP contribution >= 0.6 is 12.2 Å². The van der Waals surface area contributed by atoms with Crippen LogP contribution in [0.1, 0.15) is 37.8 Å². The second-order valence-corrected chi connectivity index (χ2v) is 6.73. The molecule has 3 nitrogen and oxygen atoms in total. The summed E-state index contributed by atoms with van der Waals surface area (Å²) in [6.07, 6.45) is 3.97. The van der Waals surface area contributed by atoms with Crippen molar-refractivity contribution in [2.45, 2.75) is 32.2 Å². The average molecular weight is 340 g/mol. The molecule has 0 aromatic heterocycles. The summed E-state index contributed by atoms with van der Waals surface area (Å²) in [5, 5.41) is 7.22. The summed E-state index contributed by atoms with van der Waals surface area (Å²) in [6.45, 7) is 4.49. The van der Waals surface area contributed by atoms with Crippen molar-refractivity contribution < 1.29 is 0 Å².